The molecule has 2 aromatic heterocycles. The predicted molar refractivity (Wildman–Crippen MR) is 231 cm³/mol. The van der Waals surface area contributed by atoms with Crippen molar-refractivity contribution >= 4 is 71.6 Å². The summed E-state index contributed by atoms with van der Waals surface area (Å²) < 4.78 is 8.90. The van der Waals surface area contributed by atoms with E-state index in [1.54, 1.807) is 0 Å². The molecule has 9 aromatic carbocycles. The first-order valence-electron chi connectivity index (χ1n) is 18.8. The molecule has 2 heterocycles. The molecule has 0 unspecified atom stereocenters. The van der Waals surface area contributed by atoms with Gasteiger partial charge < -0.3 is 13.9 Å². The van der Waals surface area contributed by atoms with Gasteiger partial charge in [0.15, 0.2) is 0 Å². The smallest absolute Gasteiger partial charge is 0.137 e. The zero-order valence-corrected chi connectivity index (χ0v) is 29.9. The van der Waals surface area contributed by atoms with E-state index in [4.69, 9.17) is 4.42 Å². The second-order valence-electron chi connectivity index (χ2n) is 14.1. The van der Waals surface area contributed by atoms with Gasteiger partial charge in [0.1, 0.15) is 11.2 Å². The van der Waals surface area contributed by atoms with Gasteiger partial charge in [-0.2, -0.15) is 0 Å². The molecule has 11 rings (SSSR count). The number of benzene rings is 9. The van der Waals surface area contributed by atoms with Crippen LogP contribution in [0, 0.1) is 0 Å². The Bertz CT molecular complexity index is 3120. The topological polar surface area (TPSA) is 21.3 Å². The predicted octanol–water partition coefficient (Wildman–Crippen LogP) is 14.6. The maximum atomic E-state index is 6.53. The Morgan fingerprint density at radius 1 is 0.345 bits per heavy atom. The van der Waals surface area contributed by atoms with Crippen LogP contribution in [0.4, 0.5) is 17.1 Å². The van der Waals surface area contributed by atoms with Crippen molar-refractivity contribution in [3.63, 3.8) is 0 Å². The van der Waals surface area contributed by atoms with E-state index >= 15 is 0 Å². The molecule has 0 saturated heterocycles. The number of furan rings is 1. The summed E-state index contributed by atoms with van der Waals surface area (Å²) in [6.07, 6.45) is 0. The average Bonchev–Trinajstić information content (AvgIpc) is 3.82. The van der Waals surface area contributed by atoms with Crippen LogP contribution in [-0.4, -0.2) is 4.57 Å². The Balaban J connectivity index is 1.03. The van der Waals surface area contributed by atoms with E-state index in [1.807, 2.05) is 0 Å². The van der Waals surface area contributed by atoms with E-state index < -0.39 is 0 Å². The summed E-state index contributed by atoms with van der Waals surface area (Å²) in [5.74, 6) is 0. The van der Waals surface area contributed by atoms with Gasteiger partial charge in [-0.3, -0.25) is 0 Å². The van der Waals surface area contributed by atoms with E-state index in [2.05, 4.69) is 216 Å². The highest BCUT2D eigenvalue weighted by Crippen LogP contribution is 2.45. The molecule has 3 nitrogen and oxygen atoms in total. The molecule has 0 aliphatic carbocycles. The lowest BCUT2D eigenvalue weighted by Crippen LogP contribution is -2.10. The average molecular weight is 703 g/mol. The minimum atomic E-state index is 0.870. The molecule has 0 atom stereocenters. The van der Waals surface area contributed by atoms with Crippen LogP contribution in [0.1, 0.15) is 0 Å². The molecule has 3 heteroatoms. The van der Waals surface area contributed by atoms with Crippen molar-refractivity contribution in [1.29, 1.82) is 0 Å². The summed E-state index contributed by atoms with van der Waals surface area (Å²) in [6, 6.07) is 73.8. The number of nitrogens with zero attached hydrogens (tertiary/aromatic N) is 2. The van der Waals surface area contributed by atoms with Gasteiger partial charge in [0, 0.05) is 33.2 Å². The van der Waals surface area contributed by atoms with Crippen molar-refractivity contribution in [3.8, 4) is 27.9 Å². The van der Waals surface area contributed by atoms with E-state index in [1.165, 1.54) is 49.3 Å². The highest BCUT2D eigenvalue weighted by Gasteiger charge is 2.21. The van der Waals surface area contributed by atoms with Gasteiger partial charge in [-0.1, -0.05) is 140 Å². The normalized spacial score (nSPS) is 11.6. The first-order valence-corrected chi connectivity index (χ1v) is 18.8. The lowest BCUT2D eigenvalue weighted by Gasteiger charge is -2.27. The number of anilines is 3. The van der Waals surface area contributed by atoms with Crippen LogP contribution in [0.15, 0.2) is 211 Å². The largest absolute Gasteiger partial charge is 0.456 e. The van der Waals surface area contributed by atoms with Crippen LogP contribution in [0.5, 0.6) is 0 Å². The first kappa shape index (κ1) is 31.2. The summed E-state index contributed by atoms with van der Waals surface area (Å²) in [6.45, 7) is 0. The second kappa shape index (κ2) is 12.6. The molecule has 0 fully saturated rings. The fourth-order valence-corrected chi connectivity index (χ4v) is 8.42. The Labute approximate surface area is 318 Å². The van der Waals surface area contributed by atoms with Crippen LogP contribution >= 0.6 is 0 Å². The van der Waals surface area contributed by atoms with Crippen molar-refractivity contribution in [1.82, 2.24) is 4.57 Å². The van der Waals surface area contributed by atoms with Gasteiger partial charge in [0.05, 0.1) is 22.1 Å². The molecular weight excluding hydrogens is 669 g/mol. The monoisotopic (exact) mass is 702 g/mol. The maximum Gasteiger partial charge on any atom is 0.137 e. The van der Waals surface area contributed by atoms with Gasteiger partial charge in [0.25, 0.3) is 0 Å². The Kier molecular flexibility index (Phi) is 7.17. The highest BCUT2D eigenvalue weighted by atomic mass is 16.3. The molecular formula is C52H34N2O. The molecule has 55 heavy (non-hydrogen) atoms. The number of hydrogen-bond donors (Lipinski definition) is 0. The van der Waals surface area contributed by atoms with Gasteiger partial charge in [-0.15, -0.1) is 0 Å². The third-order valence-electron chi connectivity index (χ3n) is 11.0. The number of aromatic nitrogens is 1. The van der Waals surface area contributed by atoms with E-state index in [0.717, 1.165) is 50.3 Å². The lowest BCUT2D eigenvalue weighted by atomic mass is 10.0. The third kappa shape index (κ3) is 5.13. The fraction of sp³-hybridized carbons (Fsp3) is 0. The van der Waals surface area contributed by atoms with E-state index in [0.29, 0.717) is 0 Å². The van der Waals surface area contributed by atoms with Crippen LogP contribution in [0.2, 0.25) is 0 Å². The molecule has 0 aliphatic rings. The lowest BCUT2D eigenvalue weighted by molar-refractivity contribution is 0.669. The van der Waals surface area contributed by atoms with E-state index in [9.17, 15) is 0 Å². The molecule has 11 aromatic rings. The SMILES string of the molecule is c1ccc(-c2ccc(N(c3ccc(-c4ccc(-n5c6ccccc6c6ccccc65)cc4)cc3)c3cccc4oc5ccc6ccccc6c5c34)cc2)cc1. The van der Waals surface area contributed by atoms with Gasteiger partial charge >= 0.3 is 0 Å². The highest BCUT2D eigenvalue weighted by molar-refractivity contribution is 6.23. The maximum absolute atomic E-state index is 6.53. The fourth-order valence-electron chi connectivity index (χ4n) is 8.42. The molecule has 0 aliphatic heterocycles. The Hall–Kier alpha value is -7.36. The van der Waals surface area contributed by atoms with Crippen LogP contribution in [0.3, 0.4) is 0 Å². The second-order valence-corrected chi connectivity index (χ2v) is 14.1. The van der Waals surface area contributed by atoms with Crippen molar-refractivity contribution < 1.29 is 4.42 Å². The standard InChI is InChI=1S/C52H34N2O/c1-2-11-35(12-3-1)36-21-28-40(29-22-36)53(48-19-10-20-49-52(48)51-43-14-5-4-13-39(43)27-34-50(51)55-49)41-30-23-37(24-31-41)38-25-32-42(33-26-38)54-46-17-8-6-15-44(46)45-16-7-9-18-47(45)54/h1-34H. The number of hydrogen-bond acceptors (Lipinski definition) is 2. The molecule has 0 radical (unpaired) electrons. The summed E-state index contributed by atoms with van der Waals surface area (Å²) in [5, 5.41) is 7.15. The van der Waals surface area contributed by atoms with Gasteiger partial charge in [-0.25, -0.2) is 0 Å². The van der Waals surface area contributed by atoms with Crippen molar-refractivity contribution in [2.75, 3.05) is 4.90 Å². The van der Waals surface area contributed by atoms with Crippen molar-refractivity contribution in [3.05, 3.63) is 206 Å². The summed E-state index contributed by atoms with van der Waals surface area (Å²) in [5.41, 5.74) is 13.3. The van der Waals surface area contributed by atoms with Crippen molar-refractivity contribution in [2.45, 2.75) is 0 Å². The quantitative estimate of drug-likeness (QED) is 0.172. The number of fused-ring (bicyclic) bond motifs is 8. The molecule has 0 amide bonds. The summed E-state index contributed by atoms with van der Waals surface area (Å²) in [7, 11) is 0. The summed E-state index contributed by atoms with van der Waals surface area (Å²) >= 11 is 0. The van der Waals surface area contributed by atoms with E-state index in [-0.39, 0.29) is 0 Å². The molecule has 0 saturated carbocycles. The zero-order chi connectivity index (χ0) is 36.3. The third-order valence-corrected chi connectivity index (χ3v) is 11.0. The van der Waals surface area contributed by atoms with Crippen LogP contribution in [0.25, 0.3) is 82.5 Å². The van der Waals surface area contributed by atoms with Gasteiger partial charge in [0.2, 0.25) is 0 Å². The van der Waals surface area contributed by atoms with Crippen molar-refractivity contribution in [2.24, 2.45) is 0 Å². The number of para-hydroxylation sites is 2. The zero-order valence-electron chi connectivity index (χ0n) is 29.9. The molecule has 258 valence electrons. The van der Waals surface area contributed by atoms with Gasteiger partial charge in [-0.05, 0) is 99.8 Å². The Morgan fingerprint density at radius 3 is 1.49 bits per heavy atom. The van der Waals surface area contributed by atoms with Crippen LogP contribution < -0.4 is 4.90 Å². The molecule has 0 spiro atoms. The minimum absolute atomic E-state index is 0.870. The van der Waals surface area contributed by atoms with Crippen LogP contribution in [-0.2, 0) is 0 Å². The Morgan fingerprint density at radius 2 is 0.855 bits per heavy atom. The summed E-state index contributed by atoms with van der Waals surface area (Å²) in [4.78, 5) is 2.36. The number of rotatable bonds is 6. The molecule has 0 bridgehead atoms. The molecule has 0 N–H and O–H groups in total. The first-order chi connectivity index (χ1) is 27.3. The minimum Gasteiger partial charge on any atom is -0.456 e.